The standard InChI is InChI=1S/C16H25N5/c1-12-10-14-15(18-11-12)21(16(17)19-14)9-5-8-20-7-4-3-6-13(20)2/h10-11,13H,3-9H2,1-2H3,(H2,17,19). The van der Waals surface area contributed by atoms with Crippen molar-refractivity contribution in [1.82, 2.24) is 19.4 Å². The number of fused-ring (bicyclic) bond motifs is 1. The van der Waals surface area contributed by atoms with Crippen molar-refractivity contribution in [2.75, 3.05) is 18.8 Å². The second-order valence-corrected chi connectivity index (χ2v) is 6.21. The van der Waals surface area contributed by atoms with Crippen LogP contribution in [0.2, 0.25) is 0 Å². The van der Waals surface area contributed by atoms with Gasteiger partial charge in [0.25, 0.3) is 0 Å². The lowest BCUT2D eigenvalue weighted by Crippen LogP contribution is -2.38. The number of hydrogen-bond donors (Lipinski definition) is 1. The zero-order valence-electron chi connectivity index (χ0n) is 13.0. The molecule has 1 unspecified atom stereocenters. The van der Waals surface area contributed by atoms with Crippen LogP contribution in [0.4, 0.5) is 5.95 Å². The van der Waals surface area contributed by atoms with Gasteiger partial charge in [0.05, 0.1) is 0 Å². The summed E-state index contributed by atoms with van der Waals surface area (Å²) in [6, 6.07) is 2.76. The molecule has 21 heavy (non-hydrogen) atoms. The summed E-state index contributed by atoms with van der Waals surface area (Å²) < 4.78 is 2.05. The summed E-state index contributed by atoms with van der Waals surface area (Å²) in [5.41, 5.74) is 8.98. The molecule has 5 nitrogen and oxygen atoms in total. The van der Waals surface area contributed by atoms with Gasteiger partial charge >= 0.3 is 0 Å². The molecule has 0 bridgehead atoms. The molecule has 0 aliphatic carbocycles. The van der Waals surface area contributed by atoms with Gasteiger partial charge in [0, 0.05) is 25.3 Å². The van der Waals surface area contributed by atoms with Gasteiger partial charge in [-0.25, -0.2) is 9.97 Å². The van der Waals surface area contributed by atoms with Gasteiger partial charge in [-0.3, -0.25) is 4.57 Å². The van der Waals surface area contributed by atoms with Crippen LogP contribution in [0.25, 0.3) is 11.2 Å². The fourth-order valence-electron chi connectivity index (χ4n) is 3.27. The van der Waals surface area contributed by atoms with Crippen molar-refractivity contribution in [3.05, 3.63) is 17.8 Å². The number of aryl methyl sites for hydroxylation is 2. The van der Waals surface area contributed by atoms with Gasteiger partial charge in [0.2, 0.25) is 5.95 Å². The number of nitrogens with zero attached hydrogens (tertiary/aromatic N) is 4. The Bertz CT molecular complexity index is 618. The largest absolute Gasteiger partial charge is 0.369 e. The number of hydrogen-bond acceptors (Lipinski definition) is 4. The molecule has 2 aromatic heterocycles. The molecule has 3 heterocycles. The number of piperidine rings is 1. The van der Waals surface area contributed by atoms with E-state index in [9.17, 15) is 0 Å². The van der Waals surface area contributed by atoms with E-state index in [-0.39, 0.29) is 0 Å². The molecule has 1 aliphatic heterocycles. The lowest BCUT2D eigenvalue weighted by Gasteiger charge is -2.33. The van der Waals surface area contributed by atoms with Crippen LogP contribution in [-0.2, 0) is 6.54 Å². The number of imidazole rings is 1. The van der Waals surface area contributed by atoms with E-state index >= 15 is 0 Å². The highest BCUT2D eigenvalue weighted by Gasteiger charge is 2.17. The highest BCUT2D eigenvalue weighted by Crippen LogP contribution is 2.19. The minimum absolute atomic E-state index is 0.579. The van der Waals surface area contributed by atoms with Crippen LogP contribution in [0.3, 0.4) is 0 Å². The molecule has 2 N–H and O–H groups in total. The number of rotatable bonds is 4. The average Bonchev–Trinajstić information content (AvgIpc) is 2.76. The van der Waals surface area contributed by atoms with Crippen LogP contribution in [0.5, 0.6) is 0 Å². The first kappa shape index (κ1) is 14.3. The summed E-state index contributed by atoms with van der Waals surface area (Å²) >= 11 is 0. The second-order valence-electron chi connectivity index (χ2n) is 6.21. The summed E-state index contributed by atoms with van der Waals surface area (Å²) in [4.78, 5) is 11.5. The van der Waals surface area contributed by atoms with E-state index in [1.165, 1.54) is 25.8 Å². The summed E-state index contributed by atoms with van der Waals surface area (Å²) in [5, 5.41) is 0. The third-order valence-electron chi connectivity index (χ3n) is 4.52. The Hall–Kier alpha value is -1.62. The number of nitrogens with two attached hydrogens (primary N) is 1. The molecule has 1 aliphatic rings. The van der Waals surface area contributed by atoms with Crippen molar-refractivity contribution < 1.29 is 0 Å². The van der Waals surface area contributed by atoms with Gasteiger partial charge in [0.15, 0.2) is 5.65 Å². The molecule has 1 atom stereocenters. The zero-order chi connectivity index (χ0) is 14.8. The van der Waals surface area contributed by atoms with E-state index in [1.54, 1.807) is 0 Å². The van der Waals surface area contributed by atoms with Crippen molar-refractivity contribution in [2.24, 2.45) is 0 Å². The first-order valence-corrected chi connectivity index (χ1v) is 7.97. The third-order valence-corrected chi connectivity index (χ3v) is 4.52. The van der Waals surface area contributed by atoms with Gasteiger partial charge in [-0.1, -0.05) is 6.42 Å². The lowest BCUT2D eigenvalue weighted by molar-refractivity contribution is 0.157. The minimum Gasteiger partial charge on any atom is -0.369 e. The third kappa shape index (κ3) is 3.02. The molecule has 2 aromatic rings. The van der Waals surface area contributed by atoms with E-state index in [1.807, 2.05) is 23.8 Å². The Morgan fingerprint density at radius 1 is 1.33 bits per heavy atom. The molecule has 5 heteroatoms. The first-order valence-electron chi connectivity index (χ1n) is 7.97. The molecule has 0 radical (unpaired) electrons. The van der Waals surface area contributed by atoms with Crippen molar-refractivity contribution in [2.45, 2.75) is 52.1 Å². The van der Waals surface area contributed by atoms with E-state index < -0.39 is 0 Å². The van der Waals surface area contributed by atoms with Gasteiger partial charge in [-0.15, -0.1) is 0 Å². The molecule has 1 saturated heterocycles. The Balaban J connectivity index is 1.66. The van der Waals surface area contributed by atoms with Crippen molar-refractivity contribution in [3.8, 4) is 0 Å². The SMILES string of the molecule is Cc1cnc2c(c1)nc(N)n2CCCN1CCCCC1C. The molecule has 0 aromatic carbocycles. The molecule has 3 rings (SSSR count). The number of aromatic nitrogens is 3. The molecule has 1 fully saturated rings. The fraction of sp³-hybridized carbons (Fsp3) is 0.625. The Morgan fingerprint density at radius 2 is 2.19 bits per heavy atom. The number of pyridine rings is 1. The number of anilines is 1. The molecule has 0 amide bonds. The Morgan fingerprint density at radius 3 is 3.00 bits per heavy atom. The molecule has 114 valence electrons. The summed E-state index contributed by atoms with van der Waals surface area (Å²) in [7, 11) is 0. The highest BCUT2D eigenvalue weighted by atomic mass is 15.2. The average molecular weight is 287 g/mol. The molecular formula is C16H25N5. The Kier molecular flexibility index (Phi) is 4.10. The number of likely N-dealkylation sites (tertiary alicyclic amines) is 1. The van der Waals surface area contributed by atoms with Crippen LogP contribution < -0.4 is 5.73 Å². The predicted molar refractivity (Wildman–Crippen MR) is 86.2 cm³/mol. The van der Waals surface area contributed by atoms with E-state index in [0.29, 0.717) is 5.95 Å². The maximum Gasteiger partial charge on any atom is 0.202 e. The van der Waals surface area contributed by atoms with E-state index in [4.69, 9.17) is 5.73 Å². The number of nitrogen functional groups attached to an aromatic ring is 1. The minimum atomic E-state index is 0.579. The maximum atomic E-state index is 6.05. The van der Waals surface area contributed by atoms with Crippen LogP contribution in [0, 0.1) is 6.92 Å². The predicted octanol–water partition coefficient (Wildman–Crippen LogP) is 2.59. The van der Waals surface area contributed by atoms with Gasteiger partial charge in [-0.2, -0.15) is 0 Å². The monoisotopic (exact) mass is 287 g/mol. The lowest BCUT2D eigenvalue weighted by atomic mass is 10.0. The van der Waals surface area contributed by atoms with E-state index in [0.717, 1.165) is 42.3 Å². The fourth-order valence-corrected chi connectivity index (χ4v) is 3.27. The van der Waals surface area contributed by atoms with Crippen LogP contribution in [0.15, 0.2) is 12.3 Å². The second kappa shape index (κ2) is 6.02. The smallest absolute Gasteiger partial charge is 0.202 e. The first-order chi connectivity index (χ1) is 10.1. The summed E-state index contributed by atoms with van der Waals surface area (Å²) in [6.45, 7) is 7.62. The van der Waals surface area contributed by atoms with Crippen molar-refractivity contribution in [1.29, 1.82) is 0 Å². The maximum absolute atomic E-state index is 6.05. The normalized spacial score (nSPS) is 20.2. The quantitative estimate of drug-likeness (QED) is 0.939. The topological polar surface area (TPSA) is 60.0 Å². The van der Waals surface area contributed by atoms with Crippen molar-refractivity contribution in [3.63, 3.8) is 0 Å². The highest BCUT2D eigenvalue weighted by molar-refractivity contribution is 5.74. The zero-order valence-corrected chi connectivity index (χ0v) is 13.0. The van der Waals surface area contributed by atoms with Crippen LogP contribution >= 0.6 is 0 Å². The molecule has 0 saturated carbocycles. The molecule has 0 spiro atoms. The summed E-state index contributed by atoms with van der Waals surface area (Å²) in [5.74, 6) is 0.579. The van der Waals surface area contributed by atoms with Crippen LogP contribution in [-0.4, -0.2) is 38.6 Å². The van der Waals surface area contributed by atoms with Gasteiger partial charge in [-0.05, 0) is 51.3 Å². The Labute approximate surface area is 126 Å². The van der Waals surface area contributed by atoms with Gasteiger partial charge in [0.1, 0.15) is 5.52 Å². The van der Waals surface area contributed by atoms with Crippen LogP contribution in [0.1, 0.15) is 38.2 Å². The van der Waals surface area contributed by atoms with E-state index in [2.05, 4.69) is 21.8 Å². The summed E-state index contributed by atoms with van der Waals surface area (Å²) in [6.07, 6.45) is 7.01. The van der Waals surface area contributed by atoms with Crippen molar-refractivity contribution >= 4 is 17.1 Å². The molecular weight excluding hydrogens is 262 g/mol. The van der Waals surface area contributed by atoms with Gasteiger partial charge < -0.3 is 10.6 Å².